The van der Waals surface area contributed by atoms with E-state index in [9.17, 15) is 22.6 Å². The topological polar surface area (TPSA) is 110 Å². The molecule has 1 aromatic rings. The smallest absolute Gasteiger partial charge is 0.744 e. The molecule has 0 atom stereocenters. The molecule has 0 amide bonds. The molecule has 57 heavy (non-hydrogen) atoms. The third-order valence-electron chi connectivity index (χ3n) is 10.5. The maximum Gasteiger partial charge on any atom is 1.00 e. The van der Waals surface area contributed by atoms with Gasteiger partial charge >= 0.3 is 41.5 Å². The van der Waals surface area contributed by atoms with E-state index in [1.165, 1.54) is 154 Å². The molecule has 0 aliphatic carbocycles. The second-order valence-electron chi connectivity index (χ2n) is 15.7. The molecule has 1 aromatic carbocycles. The molecule has 7 nitrogen and oxygen atoms in total. The van der Waals surface area contributed by atoms with Crippen LogP contribution in [0.4, 0.5) is 0 Å². The van der Waals surface area contributed by atoms with E-state index < -0.39 is 27.0 Å². The predicted molar refractivity (Wildman–Crippen MR) is 232 cm³/mol. The van der Waals surface area contributed by atoms with Gasteiger partial charge < -0.3 is 14.0 Å². The molecule has 0 saturated carbocycles. The molecule has 0 aromatic heterocycles. The van der Waals surface area contributed by atoms with Crippen molar-refractivity contribution in [3.8, 4) is 0 Å². The number of allylic oxidation sites excluding steroid dienone is 4. The Morgan fingerprint density at radius 1 is 0.474 bits per heavy atom. The number of hydrogen-bond donors (Lipinski definition) is 0. The van der Waals surface area contributed by atoms with Gasteiger partial charge in [-0.25, -0.2) is 18.0 Å². The van der Waals surface area contributed by atoms with Gasteiger partial charge in [-0.1, -0.05) is 192 Å². The van der Waals surface area contributed by atoms with Gasteiger partial charge in [-0.05, 0) is 69.6 Å². The molecule has 322 valence electrons. The summed E-state index contributed by atoms with van der Waals surface area (Å²) in [5.41, 5.74) is -0.333. The fourth-order valence-corrected chi connectivity index (χ4v) is 7.55. The number of rotatable bonds is 39. The minimum Gasteiger partial charge on any atom is -0.744 e. The van der Waals surface area contributed by atoms with Crippen molar-refractivity contribution >= 4 is 22.1 Å². The van der Waals surface area contributed by atoms with E-state index in [-0.39, 0.29) is 53.9 Å². The average Bonchev–Trinajstić information content (AvgIpc) is 3.18. The first-order chi connectivity index (χ1) is 27.3. The standard InChI is InChI=1S/C48H82O7S.Na/c1-3-5-7-9-11-13-15-17-19-21-23-25-27-29-31-33-35-37-41-54-47(49)45-40-39-44(56(51,52)53)43-46(45)48(50)55-42-38-36-34-32-30-28-26-24-22-20-18-16-14-12-10-8-6-4-2;/h5-8,39-40,43H,3-4,9-38,41-42H2,1-2H3,(H,51,52,53);/q;+1/p-1/b7-5+,8-6+;. The number of carbonyl (C=O) groups is 2. The number of benzene rings is 1. The Kier molecular flexibility index (Phi) is 39.0. The summed E-state index contributed by atoms with van der Waals surface area (Å²) in [5, 5.41) is 0. The Hall–Kier alpha value is -1.45. The zero-order valence-corrected chi connectivity index (χ0v) is 39.7. The third kappa shape index (κ3) is 33.0. The Bertz CT molecular complexity index is 1280. The van der Waals surface area contributed by atoms with E-state index in [1.54, 1.807) is 0 Å². The molecule has 0 spiro atoms. The van der Waals surface area contributed by atoms with Gasteiger partial charge in [0, 0.05) is 0 Å². The molecule has 0 unspecified atom stereocenters. The van der Waals surface area contributed by atoms with Crippen LogP contribution in [0.25, 0.3) is 0 Å². The van der Waals surface area contributed by atoms with Gasteiger partial charge in [-0.3, -0.25) is 0 Å². The molecular weight excluding hydrogens is 744 g/mol. The number of carbonyl (C=O) groups excluding carboxylic acids is 2. The summed E-state index contributed by atoms with van der Waals surface area (Å²) in [6, 6.07) is 3.15. The minimum atomic E-state index is -4.82. The molecule has 0 saturated heterocycles. The van der Waals surface area contributed by atoms with Gasteiger partial charge in [0.15, 0.2) is 0 Å². The summed E-state index contributed by atoms with van der Waals surface area (Å²) < 4.78 is 45.8. The van der Waals surface area contributed by atoms with Crippen molar-refractivity contribution in [1.29, 1.82) is 0 Å². The number of esters is 2. The molecule has 0 N–H and O–H groups in total. The number of unbranched alkanes of at least 4 members (excludes halogenated alkanes) is 28. The van der Waals surface area contributed by atoms with Gasteiger partial charge in [0.2, 0.25) is 0 Å². The normalized spacial score (nSPS) is 11.7. The van der Waals surface area contributed by atoms with Crippen molar-refractivity contribution in [2.24, 2.45) is 0 Å². The number of hydrogen-bond acceptors (Lipinski definition) is 7. The van der Waals surface area contributed by atoms with E-state index in [2.05, 4.69) is 38.2 Å². The predicted octanol–water partition coefficient (Wildman–Crippen LogP) is 11.5. The molecule has 1 rings (SSSR count). The number of ether oxygens (including phenoxy) is 2. The van der Waals surface area contributed by atoms with Crippen molar-refractivity contribution in [3.63, 3.8) is 0 Å². The summed E-state index contributed by atoms with van der Waals surface area (Å²) in [7, 11) is -4.82. The Morgan fingerprint density at radius 3 is 1.09 bits per heavy atom. The van der Waals surface area contributed by atoms with Crippen LogP contribution in [0.5, 0.6) is 0 Å². The minimum absolute atomic E-state index is 0. The average molecular weight is 825 g/mol. The maximum atomic E-state index is 13.0. The molecule has 0 radical (unpaired) electrons. The van der Waals surface area contributed by atoms with Crippen LogP contribution < -0.4 is 29.6 Å². The Labute approximate surface area is 372 Å². The van der Waals surface area contributed by atoms with Gasteiger partial charge in [-0.2, -0.15) is 0 Å². The van der Waals surface area contributed by atoms with E-state index in [0.717, 1.165) is 57.1 Å². The summed E-state index contributed by atoms with van der Waals surface area (Å²) in [6.45, 7) is 4.73. The Morgan fingerprint density at radius 2 is 0.772 bits per heavy atom. The first-order valence-corrected chi connectivity index (χ1v) is 24.5. The van der Waals surface area contributed by atoms with Crippen molar-refractivity contribution < 1.29 is 61.6 Å². The summed E-state index contributed by atoms with van der Waals surface area (Å²) >= 11 is 0. The second kappa shape index (κ2) is 40.0. The van der Waals surface area contributed by atoms with Gasteiger partial charge in [0.1, 0.15) is 10.1 Å². The van der Waals surface area contributed by atoms with E-state index in [0.29, 0.717) is 12.8 Å². The van der Waals surface area contributed by atoms with Crippen LogP contribution >= 0.6 is 0 Å². The quantitative estimate of drug-likeness (QED) is 0.0214. The third-order valence-corrected chi connectivity index (χ3v) is 11.4. The summed E-state index contributed by atoms with van der Waals surface area (Å²) in [4.78, 5) is 25.3. The first-order valence-electron chi connectivity index (χ1n) is 23.0. The molecule has 0 aliphatic heterocycles. The largest absolute Gasteiger partial charge is 1.00 e. The second-order valence-corrected chi connectivity index (χ2v) is 17.0. The summed E-state index contributed by atoms with van der Waals surface area (Å²) in [6.07, 6.45) is 47.9. The van der Waals surface area contributed by atoms with Crippen LogP contribution in [0.3, 0.4) is 0 Å². The Balaban J connectivity index is 0.0000314. The van der Waals surface area contributed by atoms with Crippen LogP contribution in [0.15, 0.2) is 47.4 Å². The summed E-state index contributed by atoms with van der Waals surface area (Å²) in [5.74, 6) is -1.54. The first kappa shape index (κ1) is 55.5. The van der Waals surface area contributed by atoms with E-state index in [4.69, 9.17) is 9.47 Å². The fourth-order valence-electron chi connectivity index (χ4n) is 7.05. The van der Waals surface area contributed by atoms with Gasteiger partial charge in [0.05, 0.1) is 29.2 Å². The molecular formula is C48H81NaO7S. The zero-order valence-electron chi connectivity index (χ0n) is 36.8. The van der Waals surface area contributed by atoms with Crippen molar-refractivity contribution in [1.82, 2.24) is 0 Å². The molecule has 0 fully saturated rings. The molecule has 9 heteroatoms. The maximum absolute atomic E-state index is 13.0. The molecule has 0 bridgehead atoms. The fraction of sp³-hybridized carbons (Fsp3) is 0.750. The zero-order chi connectivity index (χ0) is 40.8. The van der Waals surface area contributed by atoms with Crippen molar-refractivity contribution in [2.75, 3.05) is 13.2 Å². The van der Waals surface area contributed by atoms with Crippen LogP contribution in [-0.4, -0.2) is 38.1 Å². The van der Waals surface area contributed by atoms with Gasteiger partial charge in [-0.15, -0.1) is 0 Å². The van der Waals surface area contributed by atoms with Crippen LogP contribution in [0, 0.1) is 0 Å². The molecule has 0 heterocycles. The van der Waals surface area contributed by atoms with Gasteiger partial charge in [0.25, 0.3) is 0 Å². The monoisotopic (exact) mass is 825 g/mol. The van der Waals surface area contributed by atoms with Crippen LogP contribution in [0.2, 0.25) is 0 Å². The van der Waals surface area contributed by atoms with E-state index in [1.807, 2.05) is 0 Å². The SMILES string of the molecule is CC/C=C/CCCCCCCCCCCCCCCCOC(=O)c1ccc(S(=O)(=O)[O-])cc1C(=O)OCCCCCCCCCCCCCCCC/C=C/CC.[Na+]. The van der Waals surface area contributed by atoms with E-state index >= 15 is 0 Å². The molecule has 0 aliphatic rings. The van der Waals surface area contributed by atoms with Crippen LogP contribution in [0.1, 0.15) is 240 Å². The van der Waals surface area contributed by atoms with Crippen LogP contribution in [-0.2, 0) is 19.6 Å². The van der Waals surface area contributed by atoms with Crippen molar-refractivity contribution in [3.05, 3.63) is 53.6 Å². The van der Waals surface area contributed by atoms with Crippen molar-refractivity contribution in [2.45, 2.75) is 224 Å².